The third-order valence-corrected chi connectivity index (χ3v) is 4.51. The third-order valence-electron chi connectivity index (χ3n) is 4.21. The molecule has 2 aliphatic rings. The number of halogens is 1. The van der Waals surface area contributed by atoms with E-state index in [1.54, 1.807) is 19.2 Å². The second-order valence-electron chi connectivity index (χ2n) is 5.49. The molecular weight excluding hydrogens is 292 g/mol. The summed E-state index contributed by atoms with van der Waals surface area (Å²) in [6.45, 7) is 0.234. The number of fused-ring (bicyclic) bond motifs is 1. The van der Waals surface area contributed by atoms with Crippen LogP contribution in [0.2, 0.25) is 5.02 Å². The highest BCUT2D eigenvalue weighted by Gasteiger charge is 2.43. The van der Waals surface area contributed by atoms with E-state index >= 15 is 0 Å². The molecular formula is C15H17ClN2O3. The summed E-state index contributed by atoms with van der Waals surface area (Å²) in [6, 6.07) is 4.98. The molecule has 0 unspecified atom stereocenters. The predicted octanol–water partition coefficient (Wildman–Crippen LogP) is 2.57. The van der Waals surface area contributed by atoms with Gasteiger partial charge in [-0.15, -0.1) is 0 Å². The lowest BCUT2D eigenvalue weighted by atomic mass is 9.99. The number of methoxy groups -OCH3 is 1. The lowest BCUT2D eigenvalue weighted by Crippen LogP contribution is -2.57. The molecule has 0 bridgehead atoms. The second kappa shape index (κ2) is 5.56. The molecule has 0 spiro atoms. The number of hydrogen-bond donors (Lipinski definition) is 1. The monoisotopic (exact) mass is 308 g/mol. The van der Waals surface area contributed by atoms with Crippen LogP contribution in [-0.4, -0.2) is 30.0 Å². The summed E-state index contributed by atoms with van der Waals surface area (Å²) in [5, 5.41) is 3.40. The summed E-state index contributed by atoms with van der Waals surface area (Å²) >= 11 is 6.08. The van der Waals surface area contributed by atoms with E-state index in [1.165, 1.54) is 4.90 Å². The second-order valence-corrected chi connectivity index (χ2v) is 5.89. The van der Waals surface area contributed by atoms with Gasteiger partial charge in [0.1, 0.15) is 5.75 Å². The number of amides is 3. The number of nitrogens with one attached hydrogen (secondary N) is 1. The Labute approximate surface area is 128 Å². The standard InChI is InChI=1S/C15H17ClN2O3/c1-21-13-6-5-9(7-11(13)16)8-18-14(19)10-3-2-4-12(10)17-15(18)20/h5-7,10,12H,2-4,8H2,1H3,(H,17,20)/t10-,12+/m0/s1. The number of imide groups is 1. The first kappa shape index (κ1) is 14.2. The molecule has 1 heterocycles. The summed E-state index contributed by atoms with van der Waals surface area (Å²) < 4.78 is 5.10. The Morgan fingerprint density at radius 1 is 1.38 bits per heavy atom. The average Bonchev–Trinajstić information content (AvgIpc) is 2.92. The Morgan fingerprint density at radius 2 is 2.19 bits per heavy atom. The van der Waals surface area contributed by atoms with Crippen LogP contribution in [0.5, 0.6) is 5.75 Å². The van der Waals surface area contributed by atoms with E-state index in [9.17, 15) is 9.59 Å². The van der Waals surface area contributed by atoms with Crippen molar-refractivity contribution < 1.29 is 14.3 Å². The molecule has 6 heteroatoms. The number of rotatable bonds is 3. The molecule has 0 aromatic heterocycles. The van der Waals surface area contributed by atoms with Crippen LogP contribution in [0.15, 0.2) is 18.2 Å². The number of nitrogens with zero attached hydrogens (tertiary/aromatic N) is 1. The number of hydrogen-bond acceptors (Lipinski definition) is 3. The largest absolute Gasteiger partial charge is 0.495 e. The van der Waals surface area contributed by atoms with E-state index in [0.717, 1.165) is 24.8 Å². The lowest BCUT2D eigenvalue weighted by molar-refractivity contribution is -0.135. The molecule has 1 saturated carbocycles. The summed E-state index contributed by atoms with van der Waals surface area (Å²) in [7, 11) is 1.54. The number of urea groups is 1. The van der Waals surface area contributed by atoms with Crippen molar-refractivity contribution in [3.05, 3.63) is 28.8 Å². The molecule has 1 aliphatic heterocycles. The van der Waals surface area contributed by atoms with E-state index < -0.39 is 0 Å². The Bertz CT molecular complexity index is 590. The molecule has 1 aliphatic carbocycles. The fraction of sp³-hybridized carbons (Fsp3) is 0.467. The van der Waals surface area contributed by atoms with E-state index in [4.69, 9.17) is 16.3 Å². The van der Waals surface area contributed by atoms with Gasteiger partial charge in [-0.2, -0.15) is 0 Å². The molecule has 1 N–H and O–H groups in total. The zero-order chi connectivity index (χ0) is 15.0. The SMILES string of the molecule is COc1ccc(CN2C(=O)N[C@@H]3CCC[C@@H]3C2=O)cc1Cl. The first-order valence-corrected chi connectivity index (χ1v) is 7.42. The minimum Gasteiger partial charge on any atom is -0.495 e. The van der Waals surface area contributed by atoms with Gasteiger partial charge in [-0.1, -0.05) is 24.1 Å². The number of carbonyl (C=O) groups excluding carboxylic acids is 2. The minimum absolute atomic E-state index is 0.0145. The van der Waals surface area contributed by atoms with Crippen molar-refractivity contribution in [1.29, 1.82) is 0 Å². The minimum atomic E-state index is -0.310. The Kier molecular flexibility index (Phi) is 3.76. The van der Waals surface area contributed by atoms with Crippen molar-refractivity contribution in [2.45, 2.75) is 31.8 Å². The van der Waals surface area contributed by atoms with Gasteiger partial charge in [-0.05, 0) is 30.5 Å². The highest BCUT2D eigenvalue weighted by atomic mass is 35.5. The van der Waals surface area contributed by atoms with Gasteiger partial charge in [-0.25, -0.2) is 4.79 Å². The molecule has 2 fully saturated rings. The van der Waals surface area contributed by atoms with E-state index in [0.29, 0.717) is 10.8 Å². The van der Waals surface area contributed by atoms with Crippen LogP contribution in [0.4, 0.5) is 4.79 Å². The molecule has 3 amide bonds. The van der Waals surface area contributed by atoms with Crippen LogP contribution in [0.25, 0.3) is 0 Å². The lowest BCUT2D eigenvalue weighted by Gasteiger charge is -2.34. The van der Waals surface area contributed by atoms with Gasteiger partial charge in [0.2, 0.25) is 5.91 Å². The summed E-state index contributed by atoms with van der Waals surface area (Å²) in [6.07, 6.45) is 2.73. The van der Waals surface area contributed by atoms with Gasteiger partial charge in [0.15, 0.2) is 0 Å². The first-order valence-electron chi connectivity index (χ1n) is 7.04. The van der Waals surface area contributed by atoms with Crippen LogP contribution in [0, 0.1) is 5.92 Å². The highest BCUT2D eigenvalue weighted by molar-refractivity contribution is 6.32. The van der Waals surface area contributed by atoms with E-state index in [-0.39, 0.29) is 30.4 Å². The smallest absolute Gasteiger partial charge is 0.324 e. The molecule has 112 valence electrons. The molecule has 2 atom stereocenters. The fourth-order valence-corrected chi connectivity index (χ4v) is 3.39. The number of carbonyl (C=O) groups is 2. The molecule has 1 saturated heterocycles. The average molecular weight is 309 g/mol. The Balaban J connectivity index is 1.78. The van der Waals surface area contributed by atoms with Gasteiger partial charge in [0.25, 0.3) is 0 Å². The van der Waals surface area contributed by atoms with Crippen molar-refractivity contribution in [2.24, 2.45) is 5.92 Å². The topological polar surface area (TPSA) is 58.6 Å². The Morgan fingerprint density at radius 3 is 2.90 bits per heavy atom. The van der Waals surface area contributed by atoms with E-state index in [1.807, 2.05) is 6.07 Å². The molecule has 1 aromatic rings. The van der Waals surface area contributed by atoms with Crippen molar-refractivity contribution in [1.82, 2.24) is 10.2 Å². The van der Waals surface area contributed by atoms with Gasteiger partial charge in [0, 0.05) is 6.04 Å². The van der Waals surface area contributed by atoms with Gasteiger partial charge < -0.3 is 10.1 Å². The predicted molar refractivity (Wildman–Crippen MR) is 78.2 cm³/mol. The summed E-state index contributed by atoms with van der Waals surface area (Å²) in [5.41, 5.74) is 0.806. The Hall–Kier alpha value is -1.75. The number of benzene rings is 1. The molecule has 3 rings (SSSR count). The normalized spacial score (nSPS) is 24.8. The van der Waals surface area contributed by atoms with Crippen molar-refractivity contribution in [3.8, 4) is 5.75 Å². The van der Waals surface area contributed by atoms with Crippen LogP contribution in [0.3, 0.4) is 0 Å². The number of ether oxygens (including phenoxy) is 1. The molecule has 5 nitrogen and oxygen atoms in total. The highest BCUT2D eigenvalue weighted by Crippen LogP contribution is 2.32. The van der Waals surface area contributed by atoms with Crippen molar-refractivity contribution in [2.75, 3.05) is 7.11 Å². The zero-order valence-electron chi connectivity index (χ0n) is 11.8. The molecule has 0 radical (unpaired) electrons. The van der Waals surface area contributed by atoms with Crippen LogP contribution >= 0.6 is 11.6 Å². The van der Waals surface area contributed by atoms with Crippen molar-refractivity contribution >= 4 is 23.5 Å². The summed E-state index contributed by atoms with van der Waals surface area (Å²) in [4.78, 5) is 25.8. The van der Waals surface area contributed by atoms with Crippen molar-refractivity contribution in [3.63, 3.8) is 0 Å². The zero-order valence-corrected chi connectivity index (χ0v) is 12.5. The van der Waals surface area contributed by atoms with Gasteiger partial charge in [-0.3, -0.25) is 9.69 Å². The van der Waals surface area contributed by atoms with Crippen LogP contribution in [0.1, 0.15) is 24.8 Å². The quantitative estimate of drug-likeness (QED) is 0.933. The van der Waals surface area contributed by atoms with Crippen LogP contribution < -0.4 is 10.1 Å². The maximum atomic E-state index is 12.4. The maximum Gasteiger partial charge on any atom is 0.324 e. The fourth-order valence-electron chi connectivity index (χ4n) is 3.11. The molecule has 21 heavy (non-hydrogen) atoms. The first-order chi connectivity index (χ1) is 10.1. The van der Waals surface area contributed by atoms with Crippen LogP contribution in [-0.2, 0) is 11.3 Å². The van der Waals surface area contributed by atoms with E-state index in [2.05, 4.69) is 5.32 Å². The third kappa shape index (κ3) is 2.58. The van der Waals surface area contributed by atoms with Gasteiger partial charge >= 0.3 is 6.03 Å². The maximum absolute atomic E-state index is 12.4. The summed E-state index contributed by atoms with van der Waals surface area (Å²) in [5.74, 6) is 0.426. The van der Waals surface area contributed by atoms with Gasteiger partial charge in [0.05, 0.1) is 24.6 Å². The molecule has 1 aromatic carbocycles.